The van der Waals surface area contributed by atoms with Crippen LogP contribution in [0.3, 0.4) is 0 Å². The van der Waals surface area contributed by atoms with Crippen LogP contribution in [0.1, 0.15) is 6.92 Å². The van der Waals surface area contributed by atoms with Crippen LogP contribution in [0, 0.1) is 0 Å². The molecular weight excluding hydrogens is 496 g/mol. The van der Waals surface area contributed by atoms with Crippen molar-refractivity contribution in [2.24, 2.45) is 10.2 Å². The minimum atomic E-state index is -4.07. The molecule has 0 atom stereocenters. The van der Waals surface area contributed by atoms with E-state index >= 15 is 0 Å². The van der Waals surface area contributed by atoms with Gasteiger partial charge >= 0.3 is 0 Å². The van der Waals surface area contributed by atoms with E-state index in [1.807, 2.05) is 6.07 Å². The van der Waals surface area contributed by atoms with Gasteiger partial charge in [0.1, 0.15) is 22.1 Å². The van der Waals surface area contributed by atoms with Crippen molar-refractivity contribution in [3.05, 3.63) is 72.8 Å². The van der Waals surface area contributed by atoms with Crippen molar-refractivity contribution in [3.63, 3.8) is 0 Å². The van der Waals surface area contributed by atoms with Gasteiger partial charge in [0.2, 0.25) is 5.88 Å². The van der Waals surface area contributed by atoms with Gasteiger partial charge in [0, 0.05) is 12.6 Å². The number of nitrogens with zero attached hydrogens (tertiary/aromatic N) is 5. The zero-order valence-corrected chi connectivity index (χ0v) is 21.3. The van der Waals surface area contributed by atoms with Gasteiger partial charge in [-0.1, -0.05) is 18.2 Å². The lowest BCUT2D eigenvalue weighted by Crippen LogP contribution is -2.30. The van der Waals surface area contributed by atoms with Crippen molar-refractivity contribution in [1.29, 1.82) is 0 Å². The summed E-state index contributed by atoms with van der Waals surface area (Å²) in [5, 5.41) is 23.0. The van der Waals surface area contributed by atoms with E-state index in [0.29, 0.717) is 22.9 Å². The molecule has 11 nitrogen and oxygen atoms in total. The van der Waals surface area contributed by atoms with Crippen LogP contribution in [0.2, 0.25) is 0 Å². The number of hydrogen-bond acceptors (Lipinski definition) is 9. The Morgan fingerprint density at radius 1 is 0.973 bits per heavy atom. The summed E-state index contributed by atoms with van der Waals surface area (Å²) in [6, 6.07) is 19.9. The third-order valence-corrected chi connectivity index (χ3v) is 7.45. The van der Waals surface area contributed by atoms with Crippen LogP contribution in [0.4, 0.5) is 22.9 Å². The van der Waals surface area contributed by atoms with Crippen LogP contribution in [0.5, 0.6) is 17.4 Å². The molecule has 37 heavy (non-hydrogen) atoms. The molecule has 0 aliphatic heterocycles. The standard InChI is InChI=1S/C25H26N6O5S/c1-4-30(17-10-12-19(35-2)13-11-17)37(33,34)22-15-14-20(36-3)16-21(22)27-28-23-24(26)29-31(25(23)32)18-8-6-5-7-9-18/h5-16,32H,4H2,1-3H3,(H2,26,29)/b28-27+. The molecule has 0 aliphatic rings. The highest BCUT2D eigenvalue weighted by atomic mass is 32.2. The Morgan fingerprint density at radius 3 is 2.24 bits per heavy atom. The Balaban J connectivity index is 1.77. The van der Waals surface area contributed by atoms with E-state index in [1.165, 1.54) is 41.4 Å². The number of benzene rings is 3. The van der Waals surface area contributed by atoms with Gasteiger partial charge in [-0.15, -0.1) is 15.3 Å². The Bertz CT molecular complexity index is 1520. The molecule has 0 spiro atoms. The van der Waals surface area contributed by atoms with Gasteiger partial charge in [-0.05, 0) is 55.5 Å². The summed E-state index contributed by atoms with van der Waals surface area (Å²) in [5.41, 5.74) is 6.90. The predicted octanol–water partition coefficient (Wildman–Crippen LogP) is 4.81. The van der Waals surface area contributed by atoms with Crippen LogP contribution in [-0.2, 0) is 10.0 Å². The summed E-state index contributed by atoms with van der Waals surface area (Å²) < 4.78 is 40.4. The summed E-state index contributed by atoms with van der Waals surface area (Å²) in [6.45, 7) is 1.89. The van der Waals surface area contributed by atoms with E-state index < -0.39 is 10.0 Å². The second-order valence-corrected chi connectivity index (χ2v) is 9.54. The Kier molecular flexibility index (Phi) is 7.30. The number of aromatic nitrogens is 2. The van der Waals surface area contributed by atoms with Gasteiger partial charge < -0.3 is 20.3 Å². The molecule has 0 unspecified atom stereocenters. The fourth-order valence-electron chi connectivity index (χ4n) is 3.65. The molecule has 0 bridgehead atoms. The number of para-hydroxylation sites is 1. The first-order valence-corrected chi connectivity index (χ1v) is 12.6. The van der Waals surface area contributed by atoms with Gasteiger partial charge in [0.05, 0.1) is 25.6 Å². The predicted molar refractivity (Wildman–Crippen MR) is 140 cm³/mol. The maximum atomic E-state index is 13.7. The number of nitrogen functional groups attached to an aromatic ring is 1. The molecule has 0 amide bonds. The number of nitrogens with two attached hydrogens (primary N) is 1. The van der Waals surface area contributed by atoms with Gasteiger partial charge in [-0.3, -0.25) is 4.31 Å². The molecule has 4 rings (SSSR count). The van der Waals surface area contributed by atoms with Crippen LogP contribution in [0.25, 0.3) is 5.69 Å². The van der Waals surface area contributed by atoms with Crippen molar-refractivity contribution >= 4 is 32.9 Å². The first-order valence-electron chi connectivity index (χ1n) is 11.2. The van der Waals surface area contributed by atoms with Crippen LogP contribution in [-0.4, -0.2) is 44.1 Å². The molecule has 0 fully saturated rings. The third kappa shape index (κ3) is 5.05. The van der Waals surface area contributed by atoms with Crippen molar-refractivity contribution < 1.29 is 23.0 Å². The first kappa shape index (κ1) is 25.5. The van der Waals surface area contributed by atoms with E-state index in [9.17, 15) is 13.5 Å². The molecule has 1 heterocycles. The number of aromatic hydroxyl groups is 1. The van der Waals surface area contributed by atoms with Crippen LogP contribution < -0.4 is 19.5 Å². The number of hydrogen-bond donors (Lipinski definition) is 2. The fraction of sp³-hybridized carbons (Fsp3) is 0.160. The SMILES string of the molecule is CCN(c1ccc(OC)cc1)S(=O)(=O)c1ccc(OC)cc1/N=N/c1c(N)nn(-c2ccccc2)c1O. The summed E-state index contributed by atoms with van der Waals surface area (Å²) in [5.74, 6) is 0.557. The quantitative estimate of drug-likeness (QED) is 0.300. The molecule has 3 N–H and O–H groups in total. The smallest absolute Gasteiger partial charge is 0.266 e. The lowest BCUT2D eigenvalue weighted by atomic mass is 10.3. The molecule has 0 radical (unpaired) electrons. The van der Waals surface area contributed by atoms with Crippen molar-refractivity contribution in [2.75, 3.05) is 30.8 Å². The summed E-state index contributed by atoms with van der Waals surface area (Å²) >= 11 is 0. The molecular formula is C25H26N6O5S. The van der Waals surface area contributed by atoms with Gasteiger partial charge in [0.15, 0.2) is 11.5 Å². The average Bonchev–Trinajstić information content (AvgIpc) is 3.21. The number of rotatable bonds is 9. The Morgan fingerprint density at radius 2 is 1.62 bits per heavy atom. The number of ether oxygens (including phenoxy) is 2. The lowest BCUT2D eigenvalue weighted by Gasteiger charge is -2.23. The summed E-state index contributed by atoms with van der Waals surface area (Å²) in [7, 11) is -1.09. The normalized spacial score (nSPS) is 11.5. The monoisotopic (exact) mass is 522 g/mol. The molecule has 0 saturated heterocycles. The van der Waals surface area contributed by atoms with Gasteiger partial charge in [-0.2, -0.15) is 4.68 Å². The Hall–Kier alpha value is -4.58. The van der Waals surface area contributed by atoms with E-state index in [0.717, 1.165) is 0 Å². The minimum absolute atomic E-state index is 0.00225. The highest BCUT2D eigenvalue weighted by Gasteiger charge is 2.27. The van der Waals surface area contributed by atoms with E-state index in [4.69, 9.17) is 15.2 Å². The van der Waals surface area contributed by atoms with Gasteiger partial charge in [0.25, 0.3) is 10.0 Å². The van der Waals surface area contributed by atoms with Gasteiger partial charge in [-0.25, -0.2) is 8.42 Å². The topological polar surface area (TPSA) is 145 Å². The third-order valence-electron chi connectivity index (χ3n) is 5.50. The highest BCUT2D eigenvalue weighted by molar-refractivity contribution is 7.93. The zero-order chi connectivity index (χ0) is 26.6. The van der Waals surface area contributed by atoms with Crippen molar-refractivity contribution in [3.8, 4) is 23.1 Å². The largest absolute Gasteiger partial charge is 0.497 e. The second-order valence-electron chi connectivity index (χ2n) is 7.71. The summed E-state index contributed by atoms with van der Waals surface area (Å²) in [4.78, 5) is -0.108. The summed E-state index contributed by atoms with van der Waals surface area (Å²) in [6.07, 6.45) is 0. The van der Waals surface area contributed by atoms with Crippen LogP contribution >= 0.6 is 0 Å². The molecule has 3 aromatic carbocycles. The maximum absolute atomic E-state index is 13.7. The molecule has 12 heteroatoms. The lowest BCUT2D eigenvalue weighted by molar-refractivity contribution is 0.414. The first-order chi connectivity index (χ1) is 17.8. The number of azo groups is 1. The molecule has 4 aromatic rings. The molecule has 192 valence electrons. The van der Waals surface area contributed by atoms with Crippen molar-refractivity contribution in [1.82, 2.24) is 9.78 Å². The average molecular weight is 523 g/mol. The van der Waals surface area contributed by atoms with E-state index in [2.05, 4.69) is 15.3 Å². The zero-order valence-electron chi connectivity index (χ0n) is 20.4. The fourth-order valence-corrected chi connectivity index (χ4v) is 5.23. The van der Waals surface area contributed by atoms with E-state index in [1.54, 1.807) is 55.5 Å². The molecule has 1 aromatic heterocycles. The minimum Gasteiger partial charge on any atom is -0.497 e. The van der Waals surface area contributed by atoms with Crippen molar-refractivity contribution in [2.45, 2.75) is 11.8 Å². The molecule has 0 aliphatic carbocycles. The Labute approximate surface area is 214 Å². The maximum Gasteiger partial charge on any atom is 0.266 e. The van der Waals surface area contributed by atoms with E-state index in [-0.39, 0.29) is 34.5 Å². The number of sulfonamides is 1. The second kappa shape index (κ2) is 10.6. The number of methoxy groups -OCH3 is 2. The molecule has 0 saturated carbocycles. The number of anilines is 2. The highest BCUT2D eigenvalue weighted by Crippen LogP contribution is 2.38. The van der Waals surface area contributed by atoms with Crippen LogP contribution in [0.15, 0.2) is 87.9 Å².